The number of aliphatic hydroxyl groups excluding tert-OH is 1. The maximum atomic E-state index is 9.89. The first-order valence-electron chi connectivity index (χ1n) is 6.13. The molecule has 4 heteroatoms. The number of allylic oxidation sites excluding steroid dienone is 3. The van der Waals surface area contributed by atoms with E-state index in [1.165, 1.54) is 0 Å². The van der Waals surface area contributed by atoms with Crippen molar-refractivity contribution in [3.63, 3.8) is 0 Å². The third kappa shape index (κ3) is 2.01. The number of aliphatic hydroxyl groups is 1. The number of nitrogens with one attached hydrogen (secondary N) is 1. The molecule has 2 heterocycles. The van der Waals surface area contributed by atoms with Crippen molar-refractivity contribution in [2.75, 3.05) is 0 Å². The summed E-state index contributed by atoms with van der Waals surface area (Å²) in [6.45, 7) is 0. The second kappa shape index (κ2) is 4.64. The van der Waals surface area contributed by atoms with Gasteiger partial charge in [-0.3, -0.25) is 4.98 Å². The lowest BCUT2D eigenvalue weighted by molar-refractivity contribution is 0.284. The molecule has 0 bridgehead atoms. The zero-order valence-corrected chi connectivity index (χ0v) is 9.95. The molecule has 18 heavy (non-hydrogen) atoms. The summed E-state index contributed by atoms with van der Waals surface area (Å²) in [5, 5.41) is 14.3. The van der Waals surface area contributed by atoms with Gasteiger partial charge >= 0.3 is 0 Å². The maximum Gasteiger partial charge on any atom is 0.0977 e. The quantitative estimate of drug-likeness (QED) is 0.834. The molecule has 4 nitrogen and oxygen atoms in total. The Morgan fingerprint density at radius 3 is 3.11 bits per heavy atom. The Morgan fingerprint density at radius 1 is 1.39 bits per heavy atom. The molecule has 1 aromatic heterocycles. The second-order valence-electron chi connectivity index (χ2n) is 4.60. The average Bonchev–Trinajstić information content (AvgIpc) is 2.90. The van der Waals surface area contributed by atoms with Gasteiger partial charge in [-0.2, -0.15) is 5.10 Å². The fraction of sp³-hybridized carbons (Fsp3) is 0.286. The van der Waals surface area contributed by atoms with Gasteiger partial charge in [0.2, 0.25) is 0 Å². The van der Waals surface area contributed by atoms with Crippen LogP contribution in [0.2, 0.25) is 0 Å². The van der Waals surface area contributed by atoms with E-state index in [4.69, 9.17) is 0 Å². The molecule has 92 valence electrons. The van der Waals surface area contributed by atoms with E-state index in [0.29, 0.717) is 5.76 Å². The first-order chi connectivity index (χ1) is 8.84. The minimum Gasteiger partial charge on any atom is -0.512 e. The summed E-state index contributed by atoms with van der Waals surface area (Å²) in [6, 6.07) is 4.08. The van der Waals surface area contributed by atoms with E-state index in [1.54, 1.807) is 12.3 Å². The van der Waals surface area contributed by atoms with Crippen LogP contribution in [0.1, 0.15) is 18.4 Å². The minimum atomic E-state index is 0.118. The van der Waals surface area contributed by atoms with Gasteiger partial charge in [0, 0.05) is 30.3 Å². The zero-order chi connectivity index (χ0) is 12.4. The van der Waals surface area contributed by atoms with Gasteiger partial charge < -0.3 is 10.5 Å². The predicted molar refractivity (Wildman–Crippen MR) is 70.3 cm³/mol. The molecule has 0 saturated carbocycles. The van der Waals surface area contributed by atoms with Gasteiger partial charge in [-0.05, 0) is 18.6 Å². The normalized spacial score (nSPS) is 26.4. The topological polar surface area (TPSA) is 57.5 Å². The standard InChI is InChI=1S/C14H15N3O/c18-14-6-2-1-5-11(14)13-8-12(16-17-13)10-4-3-7-15-9-10/h1-4,6-7,9,11,13,17-18H,5,8H2. The molecule has 0 spiro atoms. The number of aromatic nitrogens is 1. The highest BCUT2D eigenvalue weighted by Gasteiger charge is 2.30. The molecule has 2 atom stereocenters. The lowest BCUT2D eigenvalue weighted by atomic mass is 9.88. The molecule has 2 unspecified atom stereocenters. The third-order valence-corrected chi connectivity index (χ3v) is 3.43. The Labute approximate surface area is 106 Å². The van der Waals surface area contributed by atoms with E-state index in [2.05, 4.69) is 21.6 Å². The highest BCUT2D eigenvalue weighted by atomic mass is 16.3. The van der Waals surface area contributed by atoms with E-state index in [1.807, 2.05) is 24.4 Å². The van der Waals surface area contributed by atoms with Crippen molar-refractivity contribution >= 4 is 5.71 Å². The summed E-state index contributed by atoms with van der Waals surface area (Å²) in [7, 11) is 0. The highest BCUT2D eigenvalue weighted by Crippen LogP contribution is 2.27. The van der Waals surface area contributed by atoms with Crippen LogP contribution in [0.5, 0.6) is 0 Å². The number of hydrazone groups is 1. The van der Waals surface area contributed by atoms with Crippen LogP contribution in [0.25, 0.3) is 0 Å². The first-order valence-corrected chi connectivity index (χ1v) is 6.13. The molecule has 0 saturated heterocycles. The first kappa shape index (κ1) is 11.0. The number of hydrogen-bond acceptors (Lipinski definition) is 4. The SMILES string of the molecule is OC1=CC=CCC1C1CC(c2cccnc2)=NN1. The van der Waals surface area contributed by atoms with Crippen LogP contribution < -0.4 is 5.43 Å². The average molecular weight is 241 g/mol. The van der Waals surface area contributed by atoms with E-state index >= 15 is 0 Å². The molecule has 2 N–H and O–H groups in total. The van der Waals surface area contributed by atoms with Crippen molar-refractivity contribution in [2.24, 2.45) is 11.0 Å². The number of rotatable bonds is 2. The Bertz CT molecular complexity index is 519. The molecule has 0 amide bonds. The smallest absolute Gasteiger partial charge is 0.0977 e. The fourth-order valence-electron chi connectivity index (χ4n) is 2.42. The summed E-state index contributed by atoms with van der Waals surface area (Å²) in [5.41, 5.74) is 5.18. The summed E-state index contributed by atoms with van der Waals surface area (Å²) in [6.07, 6.45) is 11.0. The molecule has 3 rings (SSSR count). The van der Waals surface area contributed by atoms with Crippen molar-refractivity contribution < 1.29 is 5.11 Å². The van der Waals surface area contributed by atoms with Gasteiger partial charge in [0.25, 0.3) is 0 Å². The van der Waals surface area contributed by atoms with Crippen LogP contribution >= 0.6 is 0 Å². The van der Waals surface area contributed by atoms with Crippen molar-refractivity contribution in [3.8, 4) is 0 Å². The fourth-order valence-corrected chi connectivity index (χ4v) is 2.42. The number of pyridine rings is 1. The van der Waals surface area contributed by atoms with Crippen LogP contribution in [-0.2, 0) is 0 Å². The van der Waals surface area contributed by atoms with Crippen molar-refractivity contribution in [3.05, 3.63) is 54.1 Å². The predicted octanol–water partition coefficient (Wildman–Crippen LogP) is 2.17. The molecule has 0 fully saturated rings. The van der Waals surface area contributed by atoms with Crippen LogP contribution in [0.15, 0.2) is 53.6 Å². The maximum absolute atomic E-state index is 9.89. The van der Waals surface area contributed by atoms with Crippen LogP contribution in [0.4, 0.5) is 0 Å². The molecule has 0 aromatic carbocycles. The van der Waals surface area contributed by atoms with E-state index in [9.17, 15) is 5.11 Å². The molecule has 2 aliphatic rings. The van der Waals surface area contributed by atoms with Crippen molar-refractivity contribution in [1.82, 2.24) is 10.4 Å². The lowest BCUT2D eigenvalue weighted by Gasteiger charge is -2.23. The molecule has 0 radical (unpaired) electrons. The molecule has 1 aliphatic heterocycles. The van der Waals surface area contributed by atoms with Crippen LogP contribution in [0, 0.1) is 5.92 Å². The van der Waals surface area contributed by atoms with E-state index in [0.717, 1.165) is 24.1 Å². The van der Waals surface area contributed by atoms with E-state index in [-0.39, 0.29) is 12.0 Å². The second-order valence-corrected chi connectivity index (χ2v) is 4.60. The van der Waals surface area contributed by atoms with Gasteiger partial charge in [0.05, 0.1) is 17.5 Å². The Kier molecular flexibility index (Phi) is 2.84. The largest absolute Gasteiger partial charge is 0.512 e. The highest BCUT2D eigenvalue weighted by molar-refractivity contribution is 6.01. The van der Waals surface area contributed by atoms with Crippen LogP contribution in [0.3, 0.4) is 0 Å². The molecular formula is C14H15N3O. The third-order valence-electron chi connectivity index (χ3n) is 3.43. The Morgan fingerprint density at radius 2 is 2.33 bits per heavy atom. The van der Waals surface area contributed by atoms with Crippen molar-refractivity contribution in [2.45, 2.75) is 18.9 Å². The molecule has 1 aromatic rings. The molecular weight excluding hydrogens is 226 g/mol. The van der Waals surface area contributed by atoms with Crippen LogP contribution in [-0.4, -0.2) is 21.8 Å². The number of nitrogens with zero attached hydrogens (tertiary/aromatic N) is 2. The Hall–Kier alpha value is -2.10. The van der Waals surface area contributed by atoms with E-state index < -0.39 is 0 Å². The zero-order valence-electron chi connectivity index (χ0n) is 9.95. The van der Waals surface area contributed by atoms with Gasteiger partial charge in [-0.1, -0.05) is 18.2 Å². The van der Waals surface area contributed by atoms with Gasteiger partial charge in [0.1, 0.15) is 0 Å². The summed E-state index contributed by atoms with van der Waals surface area (Å²) in [4.78, 5) is 4.10. The summed E-state index contributed by atoms with van der Waals surface area (Å²) in [5.74, 6) is 0.561. The number of hydrogen-bond donors (Lipinski definition) is 2. The Balaban J connectivity index is 1.71. The van der Waals surface area contributed by atoms with Crippen molar-refractivity contribution in [1.29, 1.82) is 0 Å². The van der Waals surface area contributed by atoms with Gasteiger partial charge in [-0.15, -0.1) is 0 Å². The summed E-state index contributed by atoms with van der Waals surface area (Å²) < 4.78 is 0. The molecule has 1 aliphatic carbocycles. The minimum absolute atomic E-state index is 0.118. The summed E-state index contributed by atoms with van der Waals surface area (Å²) >= 11 is 0. The van der Waals surface area contributed by atoms with Gasteiger partial charge in [-0.25, -0.2) is 0 Å². The van der Waals surface area contributed by atoms with Gasteiger partial charge in [0.15, 0.2) is 0 Å². The monoisotopic (exact) mass is 241 g/mol. The lowest BCUT2D eigenvalue weighted by Crippen LogP contribution is -2.31.